The van der Waals surface area contributed by atoms with E-state index in [0.717, 1.165) is 23.9 Å². The van der Waals surface area contributed by atoms with Crippen LogP contribution >= 0.6 is 0 Å². The Balaban J connectivity index is 1.67. The average molecular weight is 236 g/mol. The number of hydrogen-bond acceptors (Lipinski definition) is 2. The van der Waals surface area contributed by atoms with Gasteiger partial charge in [0.1, 0.15) is 0 Å². The molecule has 3 rings (SSSR count). The van der Waals surface area contributed by atoms with E-state index in [-0.39, 0.29) is 0 Å². The lowest BCUT2D eigenvalue weighted by Crippen LogP contribution is -2.53. The fourth-order valence-corrected chi connectivity index (χ4v) is 4.49. The second kappa shape index (κ2) is 5.27. The Morgan fingerprint density at radius 3 is 2.53 bits per heavy atom. The third-order valence-corrected chi connectivity index (χ3v) is 5.50. The van der Waals surface area contributed by atoms with Crippen molar-refractivity contribution in [2.24, 2.45) is 11.8 Å². The van der Waals surface area contributed by atoms with Crippen molar-refractivity contribution in [1.29, 1.82) is 0 Å². The zero-order valence-corrected chi connectivity index (χ0v) is 11.3. The van der Waals surface area contributed by atoms with Crippen molar-refractivity contribution < 1.29 is 0 Å². The second-order valence-electron chi connectivity index (χ2n) is 6.53. The highest BCUT2D eigenvalue weighted by atomic mass is 15.2. The first kappa shape index (κ1) is 12.0. The lowest BCUT2D eigenvalue weighted by Gasteiger charge is -2.41. The minimum Gasteiger partial charge on any atom is -0.315 e. The Bertz CT molecular complexity index is 247. The van der Waals surface area contributed by atoms with Gasteiger partial charge < -0.3 is 5.32 Å². The maximum absolute atomic E-state index is 3.61. The summed E-state index contributed by atoms with van der Waals surface area (Å²) in [6.07, 6.45) is 10.3. The molecular weight excluding hydrogens is 208 g/mol. The van der Waals surface area contributed by atoms with E-state index >= 15 is 0 Å². The lowest BCUT2D eigenvalue weighted by atomic mass is 9.89. The van der Waals surface area contributed by atoms with Crippen LogP contribution in [0.3, 0.4) is 0 Å². The van der Waals surface area contributed by atoms with Crippen LogP contribution in [-0.4, -0.2) is 36.6 Å². The summed E-state index contributed by atoms with van der Waals surface area (Å²) in [7, 11) is 0. The Morgan fingerprint density at radius 1 is 0.941 bits per heavy atom. The van der Waals surface area contributed by atoms with Crippen LogP contribution < -0.4 is 5.32 Å². The van der Waals surface area contributed by atoms with Gasteiger partial charge in [-0.05, 0) is 57.0 Å². The van der Waals surface area contributed by atoms with Crippen LogP contribution in [-0.2, 0) is 0 Å². The fourth-order valence-electron chi connectivity index (χ4n) is 4.49. The normalized spacial score (nSPS) is 41.1. The Hall–Kier alpha value is -0.0800. The average Bonchev–Trinajstić information content (AvgIpc) is 3.00. The molecule has 17 heavy (non-hydrogen) atoms. The lowest BCUT2D eigenvalue weighted by molar-refractivity contribution is 0.0828. The maximum atomic E-state index is 3.61. The Morgan fingerprint density at radius 2 is 1.76 bits per heavy atom. The van der Waals surface area contributed by atoms with Crippen LogP contribution in [0.2, 0.25) is 0 Å². The third-order valence-electron chi connectivity index (χ3n) is 5.50. The topological polar surface area (TPSA) is 15.3 Å². The third kappa shape index (κ3) is 2.39. The van der Waals surface area contributed by atoms with Crippen LogP contribution in [0.5, 0.6) is 0 Å². The van der Waals surface area contributed by atoms with Crippen LogP contribution in [0.4, 0.5) is 0 Å². The van der Waals surface area contributed by atoms with Gasteiger partial charge in [0.25, 0.3) is 0 Å². The summed E-state index contributed by atoms with van der Waals surface area (Å²) in [5, 5.41) is 3.61. The van der Waals surface area contributed by atoms with Gasteiger partial charge in [-0.15, -0.1) is 0 Å². The SMILES string of the molecule is CC1CCNCC1N1CCCC1C1CCCC1. The molecule has 0 bridgehead atoms. The van der Waals surface area contributed by atoms with E-state index < -0.39 is 0 Å². The molecule has 1 aliphatic carbocycles. The van der Waals surface area contributed by atoms with E-state index in [4.69, 9.17) is 0 Å². The number of rotatable bonds is 2. The van der Waals surface area contributed by atoms with Gasteiger partial charge in [0.05, 0.1) is 0 Å². The van der Waals surface area contributed by atoms with Gasteiger partial charge in [-0.25, -0.2) is 0 Å². The molecule has 2 heterocycles. The molecule has 0 radical (unpaired) electrons. The minimum atomic E-state index is 0.830. The molecule has 3 fully saturated rings. The van der Waals surface area contributed by atoms with Crippen molar-refractivity contribution >= 4 is 0 Å². The van der Waals surface area contributed by atoms with E-state index in [2.05, 4.69) is 17.1 Å². The van der Waals surface area contributed by atoms with Crippen LogP contribution in [0.1, 0.15) is 51.9 Å². The van der Waals surface area contributed by atoms with Gasteiger partial charge in [-0.3, -0.25) is 4.90 Å². The largest absolute Gasteiger partial charge is 0.315 e. The number of hydrogen-bond donors (Lipinski definition) is 1. The predicted octanol–water partition coefficient (Wildman–Crippen LogP) is 2.64. The molecule has 0 aromatic carbocycles. The summed E-state index contributed by atoms with van der Waals surface area (Å²) >= 11 is 0. The second-order valence-corrected chi connectivity index (χ2v) is 6.53. The first-order chi connectivity index (χ1) is 8.36. The van der Waals surface area contributed by atoms with Crippen molar-refractivity contribution in [3.05, 3.63) is 0 Å². The van der Waals surface area contributed by atoms with E-state index in [0.29, 0.717) is 0 Å². The van der Waals surface area contributed by atoms with Crippen LogP contribution in [0, 0.1) is 11.8 Å². The minimum absolute atomic E-state index is 0.830. The molecule has 2 heteroatoms. The van der Waals surface area contributed by atoms with Crippen molar-refractivity contribution in [2.45, 2.75) is 64.0 Å². The zero-order valence-electron chi connectivity index (χ0n) is 11.3. The molecule has 0 aromatic rings. The maximum Gasteiger partial charge on any atom is 0.0249 e. The van der Waals surface area contributed by atoms with Gasteiger partial charge in [0, 0.05) is 18.6 Å². The summed E-state index contributed by atoms with van der Waals surface area (Å²) in [6.45, 7) is 6.32. The smallest absolute Gasteiger partial charge is 0.0249 e. The highest BCUT2D eigenvalue weighted by Crippen LogP contribution is 2.37. The molecule has 0 aromatic heterocycles. The molecule has 1 N–H and O–H groups in total. The number of piperidine rings is 1. The van der Waals surface area contributed by atoms with Crippen molar-refractivity contribution in [3.63, 3.8) is 0 Å². The molecule has 3 unspecified atom stereocenters. The van der Waals surface area contributed by atoms with Gasteiger partial charge in [-0.2, -0.15) is 0 Å². The first-order valence-electron chi connectivity index (χ1n) is 7.82. The predicted molar refractivity (Wildman–Crippen MR) is 72.1 cm³/mol. The molecule has 0 spiro atoms. The molecule has 1 saturated carbocycles. The quantitative estimate of drug-likeness (QED) is 0.793. The van der Waals surface area contributed by atoms with Crippen molar-refractivity contribution in [2.75, 3.05) is 19.6 Å². The van der Waals surface area contributed by atoms with Gasteiger partial charge in [-0.1, -0.05) is 19.8 Å². The van der Waals surface area contributed by atoms with Crippen molar-refractivity contribution in [3.8, 4) is 0 Å². The van der Waals surface area contributed by atoms with E-state index in [1.165, 1.54) is 64.6 Å². The Labute approximate surface area is 106 Å². The van der Waals surface area contributed by atoms with Gasteiger partial charge in [0.15, 0.2) is 0 Å². The van der Waals surface area contributed by atoms with E-state index in [9.17, 15) is 0 Å². The highest BCUT2D eigenvalue weighted by Gasteiger charge is 2.38. The van der Waals surface area contributed by atoms with Crippen molar-refractivity contribution in [1.82, 2.24) is 10.2 Å². The molecule has 2 nitrogen and oxygen atoms in total. The molecular formula is C15H28N2. The summed E-state index contributed by atoms with van der Waals surface area (Å²) < 4.78 is 0. The standard InChI is InChI=1S/C15H28N2/c1-12-8-9-16-11-15(12)17-10-4-7-14(17)13-5-2-3-6-13/h12-16H,2-11H2,1H3. The molecule has 3 atom stereocenters. The molecule has 3 aliphatic rings. The highest BCUT2D eigenvalue weighted by molar-refractivity contribution is 4.94. The summed E-state index contributed by atoms with van der Waals surface area (Å²) in [5.74, 6) is 1.94. The number of likely N-dealkylation sites (tertiary alicyclic amines) is 1. The van der Waals surface area contributed by atoms with Gasteiger partial charge >= 0.3 is 0 Å². The zero-order chi connectivity index (χ0) is 11.7. The Kier molecular flexibility index (Phi) is 3.72. The van der Waals surface area contributed by atoms with Crippen LogP contribution in [0.25, 0.3) is 0 Å². The van der Waals surface area contributed by atoms with Crippen LogP contribution in [0.15, 0.2) is 0 Å². The fraction of sp³-hybridized carbons (Fsp3) is 1.00. The summed E-state index contributed by atoms with van der Waals surface area (Å²) in [4.78, 5) is 2.90. The van der Waals surface area contributed by atoms with E-state index in [1.54, 1.807) is 0 Å². The molecule has 2 aliphatic heterocycles. The molecule has 0 amide bonds. The summed E-state index contributed by atoms with van der Waals surface area (Å²) in [6, 6.07) is 1.77. The van der Waals surface area contributed by atoms with E-state index in [1.807, 2.05) is 0 Å². The monoisotopic (exact) mass is 236 g/mol. The van der Waals surface area contributed by atoms with Gasteiger partial charge in [0.2, 0.25) is 0 Å². The molecule has 2 saturated heterocycles. The number of nitrogens with zero attached hydrogens (tertiary/aromatic N) is 1. The molecule has 98 valence electrons. The number of nitrogens with one attached hydrogen (secondary N) is 1. The summed E-state index contributed by atoms with van der Waals surface area (Å²) in [5.41, 5.74) is 0. The first-order valence-corrected chi connectivity index (χ1v) is 7.82.